The Morgan fingerprint density at radius 1 is 1.41 bits per heavy atom. The van der Waals surface area contributed by atoms with Crippen LogP contribution in [0.1, 0.15) is 23.2 Å². The van der Waals surface area contributed by atoms with Gasteiger partial charge >= 0.3 is 0 Å². The molecule has 2 nitrogen and oxygen atoms in total. The molecule has 1 heterocycles. The Kier molecular flexibility index (Phi) is 4.27. The lowest BCUT2D eigenvalue weighted by atomic mass is 10.2. The summed E-state index contributed by atoms with van der Waals surface area (Å²) in [6.07, 6.45) is 0.943. The molecule has 0 bridgehead atoms. The van der Waals surface area contributed by atoms with E-state index in [1.54, 1.807) is 6.07 Å². The Hall–Kier alpha value is -0.330. The molecule has 1 aromatic carbocycles. The smallest absolute Gasteiger partial charge is 0.149 e. The summed E-state index contributed by atoms with van der Waals surface area (Å²) in [4.78, 5) is 0.209. The summed E-state index contributed by atoms with van der Waals surface area (Å²) in [6.45, 7) is 2.07. The maximum Gasteiger partial charge on any atom is 0.149 e. The van der Waals surface area contributed by atoms with Gasteiger partial charge in [0.1, 0.15) is 15.8 Å². The van der Waals surface area contributed by atoms with Crippen molar-refractivity contribution < 1.29 is 4.39 Å². The summed E-state index contributed by atoms with van der Waals surface area (Å²) in [5.41, 5.74) is 0.740. The molecule has 1 unspecified atom stereocenters. The second kappa shape index (κ2) is 5.54. The molecule has 0 amide bonds. The standard InChI is InChI=1S/C11H9Br2FN2S/c1-2-8(12)11-16-15-10(17-11)7-5-6(14)3-4-9(7)13/h3-5,8H,2H2,1H3. The summed E-state index contributed by atoms with van der Waals surface area (Å²) in [7, 11) is 0. The van der Waals surface area contributed by atoms with E-state index < -0.39 is 0 Å². The van der Waals surface area contributed by atoms with Crippen LogP contribution in [0.3, 0.4) is 0 Å². The topological polar surface area (TPSA) is 25.8 Å². The molecule has 2 aromatic rings. The van der Waals surface area contributed by atoms with Gasteiger partial charge in [0.05, 0.1) is 4.83 Å². The molecule has 0 aliphatic rings. The molecule has 90 valence electrons. The van der Waals surface area contributed by atoms with Crippen molar-refractivity contribution in [3.63, 3.8) is 0 Å². The van der Waals surface area contributed by atoms with Crippen LogP contribution >= 0.6 is 43.2 Å². The number of nitrogens with zero attached hydrogens (tertiary/aromatic N) is 2. The third kappa shape index (κ3) is 2.92. The molecule has 0 spiro atoms. The van der Waals surface area contributed by atoms with E-state index in [0.29, 0.717) is 0 Å². The van der Waals surface area contributed by atoms with Crippen molar-refractivity contribution in [3.05, 3.63) is 33.5 Å². The average molecular weight is 380 g/mol. The Bertz CT molecular complexity index is 530. The summed E-state index contributed by atoms with van der Waals surface area (Å²) < 4.78 is 14.0. The number of hydrogen-bond donors (Lipinski definition) is 0. The molecule has 1 atom stereocenters. The number of aromatic nitrogens is 2. The van der Waals surface area contributed by atoms with Crippen LogP contribution in [0.15, 0.2) is 22.7 Å². The molecule has 1 aromatic heterocycles. The first-order chi connectivity index (χ1) is 8.11. The van der Waals surface area contributed by atoms with E-state index in [2.05, 4.69) is 49.0 Å². The molecule has 0 aliphatic heterocycles. The van der Waals surface area contributed by atoms with Gasteiger partial charge in [-0.2, -0.15) is 0 Å². The van der Waals surface area contributed by atoms with Crippen LogP contribution in [-0.2, 0) is 0 Å². The van der Waals surface area contributed by atoms with Crippen LogP contribution in [0.5, 0.6) is 0 Å². The van der Waals surface area contributed by atoms with Gasteiger partial charge in [0.15, 0.2) is 0 Å². The zero-order chi connectivity index (χ0) is 12.4. The molecular formula is C11H9Br2FN2S. The highest BCUT2D eigenvalue weighted by Gasteiger charge is 2.14. The monoisotopic (exact) mass is 378 g/mol. The summed E-state index contributed by atoms with van der Waals surface area (Å²) in [5, 5.41) is 9.85. The molecule has 0 radical (unpaired) electrons. The van der Waals surface area contributed by atoms with Gasteiger partial charge in [-0.25, -0.2) is 4.39 Å². The van der Waals surface area contributed by atoms with E-state index in [1.807, 2.05) is 0 Å². The van der Waals surface area contributed by atoms with Gasteiger partial charge in [-0.3, -0.25) is 0 Å². The number of benzene rings is 1. The Morgan fingerprint density at radius 3 is 2.88 bits per heavy atom. The predicted octanol–water partition coefficient (Wildman–Crippen LogP) is 4.95. The Morgan fingerprint density at radius 2 is 2.18 bits per heavy atom. The number of halogens is 3. The van der Waals surface area contributed by atoms with E-state index >= 15 is 0 Å². The predicted molar refractivity (Wildman–Crippen MR) is 75.0 cm³/mol. The van der Waals surface area contributed by atoms with Crippen molar-refractivity contribution in [2.24, 2.45) is 0 Å². The van der Waals surface area contributed by atoms with E-state index in [1.165, 1.54) is 23.5 Å². The maximum absolute atomic E-state index is 13.2. The first-order valence-corrected chi connectivity index (χ1v) is 7.57. The number of hydrogen-bond acceptors (Lipinski definition) is 3. The van der Waals surface area contributed by atoms with Crippen LogP contribution in [0.25, 0.3) is 10.6 Å². The normalized spacial score (nSPS) is 12.7. The fourth-order valence-electron chi connectivity index (χ4n) is 1.31. The fourth-order valence-corrected chi connectivity index (χ4v) is 3.18. The molecular weight excluding hydrogens is 371 g/mol. The highest BCUT2D eigenvalue weighted by atomic mass is 79.9. The molecule has 2 rings (SSSR count). The summed E-state index contributed by atoms with van der Waals surface area (Å²) >= 11 is 8.39. The third-order valence-electron chi connectivity index (χ3n) is 2.23. The summed E-state index contributed by atoms with van der Waals surface area (Å²) in [5.74, 6) is -0.272. The molecule has 6 heteroatoms. The van der Waals surface area contributed by atoms with E-state index in [0.717, 1.165) is 26.5 Å². The van der Waals surface area contributed by atoms with Crippen LogP contribution in [0, 0.1) is 5.82 Å². The summed E-state index contributed by atoms with van der Waals surface area (Å²) in [6, 6.07) is 4.55. The van der Waals surface area contributed by atoms with Crippen LogP contribution in [-0.4, -0.2) is 10.2 Å². The van der Waals surface area contributed by atoms with Crippen LogP contribution in [0.2, 0.25) is 0 Å². The SMILES string of the molecule is CCC(Br)c1nnc(-c2cc(F)ccc2Br)s1. The Labute approximate surface area is 120 Å². The van der Waals surface area contributed by atoms with Gasteiger partial charge in [-0.15, -0.1) is 10.2 Å². The van der Waals surface area contributed by atoms with Crippen molar-refractivity contribution in [3.8, 4) is 10.6 Å². The van der Waals surface area contributed by atoms with Gasteiger partial charge in [-0.05, 0) is 24.6 Å². The minimum Gasteiger partial charge on any atom is -0.207 e. The van der Waals surface area contributed by atoms with Gasteiger partial charge in [0, 0.05) is 10.0 Å². The molecule has 17 heavy (non-hydrogen) atoms. The third-order valence-corrected chi connectivity index (χ3v) is 5.37. The van der Waals surface area contributed by atoms with E-state index in [-0.39, 0.29) is 10.6 Å². The van der Waals surface area contributed by atoms with Crippen molar-refractivity contribution >= 4 is 43.2 Å². The zero-order valence-corrected chi connectivity index (χ0v) is 12.9. The lowest BCUT2D eigenvalue weighted by Gasteiger charge is -2.00. The molecule has 0 N–H and O–H groups in total. The molecule has 0 fully saturated rings. The second-order valence-corrected chi connectivity index (χ2v) is 6.41. The van der Waals surface area contributed by atoms with Gasteiger partial charge in [0.2, 0.25) is 0 Å². The lowest BCUT2D eigenvalue weighted by Crippen LogP contribution is -1.85. The highest BCUT2D eigenvalue weighted by molar-refractivity contribution is 9.10. The molecule has 0 aliphatic carbocycles. The second-order valence-electron chi connectivity index (χ2n) is 3.45. The minimum atomic E-state index is -0.272. The molecule has 0 saturated heterocycles. The van der Waals surface area contributed by atoms with Crippen molar-refractivity contribution in [2.75, 3.05) is 0 Å². The maximum atomic E-state index is 13.2. The van der Waals surface area contributed by atoms with Crippen molar-refractivity contribution in [1.82, 2.24) is 10.2 Å². The van der Waals surface area contributed by atoms with E-state index in [4.69, 9.17) is 0 Å². The van der Waals surface area contributed by atoms with Gasteiger partial charge in [0.25, 0.3) is 0 Å². The first-order valence-electron chi connectivity index (χ1n) is 5.04. The highest BCUT2D eigenvalue weighted by Crippen LogP contribution is 2.35. The first kappa shape index (κ1) is 13.1. The zero-order valence-electron chi connectivity index (χ0n) is 8.95. The van der Waals surface area contributed by atoms with Crippen molar-refractivity contribution in [2.45, 2.75) is 18.2 Å². The molecule has 0 saturated carbocycles. The lowest BCUT2D eigenvalue weighted by molar-refractivity contribution is 0.628. The quantitative estimate of drug-likeness (QED) is 0.705. The van der Waals surface area contributed by atoms with Crippen LogP contribution in [0.4, 0.5) is 4.39 Å². The van der Waals surface area contributed by atoms with Gasteiger partial charge < -0.3 is 0 Å². The van der Waals surface area contributed by atoms with E-state index in [9.17, 15) is 4.39 Å². The van der Waals surface area contributed by atoms with Gasteiger partial charge in [-0.1, -0.05) is 50.1 Å². The fraction of sp³-hybridized carbons (Fsp3) is 0.273. The van der Waals surface area contributed by atoms with Crippen LogP contribution < -0.4 is 0 Å². The number of rotatable bonds is 3. The minimum absolute atomic E-state index is 0.209. The largest absolute Gasteiger partial charge is 0.207 e. The average Bonchev–Trinajstić information content (AvgIpc) is 2.80. The Balaban J connectivity index is 2.40. The van der Waals surface area contributed by atoms with Crippen molar-refractivity contribution in [1.29, 1.82) is 0 Å². The number of alkyl halides is 1.